The van der Waals surface area contributed by atoms with E-state index in [2.05, 4.69) is 16.3 Å². The second kappa shape index (κ2) is 7.12. The molecule has 3 N–H and O–H groups in total. The molecule has 0 radical (unpaired) electrons. The van der Waals surface area contributed by atoms with Crippen molar-refractivity contribution in [2.24, 2.45) is 11.3 Å². The number of ether oxygens (including phenoxy) is 2. The lowest BCUT2D eigenvalue weighted by molar-refractivity contribution is -0.217. The van der Waals surface area contributed by atoms with Gasteiger partial charge in [-0.1, -0.05) is 12.2 Å². The summed E-state index contributed by atoms with van der Waals surface area (Å²) < 4.78 is 11.5. The van der Waals surface area contributed by atoms with E-state index in [1.807, 2.05) is 13.0 Å². The summed E-state index contributed by atoms with van der Waals surface area (Å²) in [6.45, 7) is 4.39. The Balaban J connectivity index is 1.38. The first-order chi connectivity index (χ1) is 15.3. The summed E-state index contributed by atoms with van der Waals surface area (Å²) in [6, 6.07) is 0.132. The lowest BCUT2D eigenvalue weighted by Crippen LogP contribution is -2.75. The topological polar surface area (TPSA) is 91.3 Å². The second-order valence-electron chi connectivity index (χ2n) is 11.2. The number of methoxy groups -OCH3 is 1. The molecule has 7 nitrogen and oxygen atoms in total. The average Bonchev–Trinajstić information content (AvgIpc) is 3.50. The predicted octanol–water partition coefficient (Wildman–Crippen LogP) is 1.29. The molecule has 4 aliphatic carbocycles. The third kappa shape index (κ3) is 2.81. The van der Waals surface area contributed by atoms with E-state index in [-0.39, 0.29) is 24.2 Å². The summed E-state index contributed by atoms with van der Waals surface area (Å²) >= 11 is 0. The van der Waals surface area contributed by atoms with Crippen LogP contribution in [-0.2, 0) is 14.3 Å². The zero-order chi connectivity index (χ0) is 22.3. The van der Waals surface area contributed by atoms with Gasteiger partial charge in [-0.15, -0.1) is 0 Å². The van der Waals surface area contributed by atoms with Gasteiger partial charge in [0.15, 0.2) is 0 Å². The minimum atomic E-state index is -1.08. The Morgan fingerprint density at radius 3 is 2.88 bits per heavy atom. The highest BCUT2D eigenvalue weighted by atomic mass is 16.5. The average molecular weight is 445 g/mol. The number of allylic oxidation sites excluding steroid dienone is 1. The molecule has 7 heteroatoms. The normalized spacial score (nSPS) is 46.9. The van der Waals surface area contributed by atoms with Crippen LogP contribution < -0.4 is 5.32 Å². The zero-order valence-electron chi connectivity index (χ0n) is 19.2. The number of carbonyl (C=O) groups is 1. The highest BCUT2D eigenvalue weighted by Gasteiger charge is 2.75. The number of likely N-dealkylation sites (tertiary alicyclic amines) is 1. The van der Waals surface area contributed by atoms with Crippen LogP contribution in [0.15, 0.2) is 23.3 Å². The number of carbonyl (C=O) groups excluding carboxylic acids is 1. The number of nitrogens with one attached hydrogen (secondary N) is 1. The summed E-state index contributed by atoms with van der Waals surface area (Å²) in [4.78, 5) is 14.2. The Labute approximate surface area is 189 Å². The van der Waals surface area contributed by atoms with Crippen LogP contribution in [0, 0.1) is 11.3 Å². The fourth-order valence-electron chi connectivity index (χ4n) is 7.66. The minimum absolute atomic E-state index is 0.0313. The van der Waals surface area contributed by atoms with Crippen molar-refractivity contribution < 1.29 is 24.5 Å². The highest BCUT2D eigenvalue weighted by Crippen LogP contribution is 2.67. The van der Waals surface area contributed by atoms with Crippen LogP contribution in [0.5, 0.6) is 0 Å². The number of rotatable bonds is 6. The number of hydrogen-bond acceptors (Lipinski definition) is 7. The van der Waals surface area contributed by atoms with Crippen LogP contribution in [0.1, 0.15) is 51.9 Å². The standard InChI is InChI=1S/C25H36N2O5/c1-23(29)8-5-16-13-18-25(30)9-6-17(26-11-7-19(28)31-2)21-24(25,20(16)22(23)32-21)10-12-27(18)14-15-3-4-15/h5,8,15,17-18,21-22,26,29-30H,3-4,6-7,9-14H2,1-2H3/t17?,18-,21+,22?,23-,24+,25-/m1/s1. The van der Waals surface area contributed by atoms with Crippen molar-refractivity contribution in [3.05, 3.63) is 23.3 Å². The molecule has 0 aromatic rings. The van der Waals surface area contributed by atoms with Crippen molar-refractivity contribution >= 4 is 5.97 Å². The second-order valence-corrected chi connectivity index (χ2v) is 11.2. The predicted molar refractivity (Wildman–Crippen MR) is 118 cm³/mol. The molecule has 176 valence electrons. The first-order valence-corrected chi connectivity index (χ1v) is 12.4. The number of esters is 1. The Bertz CT molecular complexity index is 880. The van der Waals surface area contributed by atoms with Crippen molar-refractivity contribution in [1.82, 2.24) is 10.2 Å². The number of aliphatic hydroxyl groups is 2. The van der Waals surface area contributed by atoms with E-state index in [1.54, 1.807) is 0 Å². The number of nitrogens with zero attached hydrogens (tertiary/aromatic N) is 1. The fraction of sp³-hybridized carbons (Fsp3) is 0.800. The number of piperidine rings is 1. The van der Waals surface area contributed by atoms with Gasteiger partial charge >= 0.3 is 5.97 Å². The zero-order valence-corrected chi connectivity index (χ0v) is 19.2. The summed E-state index contributed by atoms with van der Waals surface area (Å²) in [5.74, 6) is 0.553. The Hall–Kier alpha value is -1.25. The third-order valence-electron chi connectivity index (χ3n) is 9.34. The van der Waals surface area contributed by atoms with Gasteiger partial charge in [0, 0.05) is 25.2 Å². The molecule has 0 aromatic heterocycles. The van der Waals surface area contributed by atoms with Crippen LogP contribution >= 0.6 is 0 Å². The van der Waals surface area contributed by atoms with Crippen molar-refractivity contribution in [3.63, 3.8) is 0 Å². The quantitative estimate of drug-likeness (QED) is 0.532. The SMILES string of the molecule is COC(=O)CCNC1CC[C@@]2(O)[C@H]3CC4=C5C(O[C@@H]1[C@]52CCN3CC1CC1)[C@](C)(O)C=C4. The molecule has 0 amide bonds. The largest absolute Gasteiger partial charge is 0.469 e. The molecule has 2 unspecified atom stereocenters. The van der Waals surface area contributed by atoms with Gasteiger partial charge in [0.1, 0.15) is 11.7 Å². The molecule has 2 aliphatic heterocycles. The maximum absolute atomic E-state index is 12.5. The van der Waals surface area contributed by atoms with Gasteiger partial charge in [-0.3, -0.25) is 9.69 Å². The molecule has 7 atom stereocenters. The lowest BCUT2D eigenvalue weighted by Gasteiger charge is -2.65. The van der Waals surface area contributed by atoms with Crippen LogP contribution in [0.3, 0.4) is 0 Å². The van der Waals surface area contributed by atoms with Gasteiger partial charge in [-0.05, 0) is 69.1 Å². The van der Waals surface area contributed by atoms with E-state index in [9.17, 15) is 15.0 Å². The molecule has 32 heavy (non-hydrogen) atoms. The summed E-state index contributed by atoms with van der Waals surface area (Å²) in [7, 11) is 1.41. The van der Waals surface area contributed by atoms with Gasteiger partial charge in [0.05, 0.1) is 30.7 Å². The highest BCUT2D eigenvalue weighted by molar-refractivity contribution is 5.69. The third-order valence-corrected chi connectivity index (χ3v) is 9.34. The van der Waals surface area contributed by atoms with Crippen LogP contribution in [0.2, 0.25) is 0 Å². The van der Waals surface area contributed by atoms with E-state index in [1.165, 1.54) is 25.5 Å². The lowest BCUT2D eigenvalue weighted by atomic mass is 9.47. The van der Waals surface area contributed by atoms with Crippen molar-refractivity contribution in [3.8, 4) is 0 Å². The molecular formula is C25H36N2O5. The van der Waals surface area contributed by atoms with E-state index >= 15 is 0 Å². The van der Waals surface area contributed by atoms with E-state index in [4.69, 9.17) is 9.47 Å². The van der Waals surface area contributed by atoms with E-state index < -0.39 is 22.7 Å². The van der Waals surface area contributed by atoms with Crippen LogP contribution in [0.4, 0.5) is 0 Å². The minimum Gasteiger partial charge on any atom is -0.469 e. The first-order valence-electron chi connectivity index (χ1n) is 12.4. The first kappa shape index (κ1) is 21.3. The summed E-state index contributed by atoms with van der Waals surface area (Å²) in [5, 5.41) is 27.2. The monoisotopic (exact) mass is 444 g/mol. The van der Waals surface area contributed by atoms with E-state index in [0.717, 1.165) is 43.8 Å². The van der Waals surface area contributed by atoms with Crippen molar-refractivity contribution in [2.75, 3.05) is 26.7 Å². The van der Waals surface area contributed by atoms with Crippen LogP contribution in [-0.4, -0.2) is 83.3 Å². The molecular weight excluding hydrogens is 408 g/mol. The maximum atomic E-state index is 12.5. The molecule has 2 bridgehead atoms. The molecule has 4 fully saturated rings. The van der Waals surface area contributed by atoms with Gasteiger partial charge in [-0.25, -0.2) is 0 Å². The van der Waals surface area contributed by atoms with Crippen molar-refractivity contribution in [1.29, 1.82) is 0 Å². The Kier molecular flexibility index (Phi) is 4.74. The molecule has 1 spiro atoms. The molecule has 2 heterocycles. The smallest absolute Gasteiger partial charge is 0.306 e. The summed E-state index contributed by atoms with van der Waals surface area (Å²) in [5.41, 5.74) is 0.000575. The Morgan fingerprint density at radius 2 is 2.12 bits per heavy atom. The molecule has 0 aromatic carbocycles. The summed E-state index contributed by atoms with van der Waals surface area (Å²) in [6.07, 6.45) is 9.47. The molecule has 6 aliphatic rings. The van der Waals surface area contributed by atoms with Gasteiger partial charge in [0.25, 0.3) is 0 Å². The van der Waals surface area contributed by atoms with Crippen molar-refractivity contribution in [2.45, 2.75) is 87.4 Å². The van der Waals surface area contributed by atoms with Gasteiger partial charge in [-0.2, -0.15) is 0 Å². The fourth-order valence-corrected chi connectivity index (χ4v) is 7.66. The molecule has 2 saturated carbocycles. The number of hydrogen-bond donors (Lipinski definition) is 3. The molecule has 2 saturated heterocycles. The molecule has 6 rings (SSSR count). The Morgan fingerprint density at radius 1 is 1.31 bits per heavy atom. The van der Waals surface area contributed by atoms with Crippen LogP contribution in [0.25, 0.3) is 0 Å². The van der Waals surface area contributed by atoms with Gasteiger partial charge in [0.2, 0.25) is 0 Å². The van der Waals surface area contributed by atoms with Gasteiger partial charge < -0.3 is 25.0 Å². The van der Waals surface area contributed by atoms with E-state index in [0.29, 0.717) is 19.4 Å². The maximum Gasteiger partial charge on any atom is 0.306 e.